The lowest BCUT2D eigenvalue weighted by molar-refractivity contribution is 0.0258. The van der Waals surface area contributed by atoms with Gasteiger partial charge in [0.2, 0.25) is 0 Å². The third kappa shape index (κ3) is 4.05. The number of hydrogen-bond donors (Lipinski definition) is 0. The average Bonchev–Trinajstić information content (AvgIpc) is 2.31. The van der Waals surface area contributed by atoms with Crippen LogP contribution in [0.4, 0.5) is 0 Å². The van der Waals surface area contributed by atoms with Crippen molar-refractivity contribution in [2.24, 2.45) is 0 Å². The number of carbonyl (C=O) groups excluding carboxylic acids is 1. The predicted molar refractivity (Wildman–Crippen MR) is 65.5 cm³/mol. The third-order valence-corrected chi connectivity index (χ3v) is 2.50. The Hall–Kier alpha value is -1.31. The first-order valence-corrected chi connectivity index (χ1v) is 6.04. The van der Waals surface area contributed by atoms with Crippen LogP contribution in [-0.4, -0.2) is 12.1 Å². The smallest absolute Gasteiger partial charge is 0.338 e. The SMILES string of the molecule is CCCC(CCC)OC(=O)c1ccccc1. The van der Waals surface area contributed by atoms with E-state index in [9.17, 15) is 4.79 Å². The molecule has 0 atom stereocenters. The lowest BCUT2D eigenvalue weighted by atomic mass is 10.1. The molecule has 0 spiro atoms. The van der Waals surface area contributed by atoms with Crippen LogP contribution in [0.2, 0.25) is 0 Å². The Balaban J connectivity index is 2.54. The Kier molecular flexibility index (Phi) is 5.62. The molecule has 0 bridgehead atoms. The minimum absolute atomic E-state index is 0.0720. The number of ether oxygens (including phenoxy) is 1. The highest BCUT2D eigenvalue weighted by Crippen LogP contribution is 2.12. The summed E-state index contributed by atoms with van der Waals surface area (Å²) in [4.78, 5) is 11.8. The molecule has 0 saturated carbocycles. The van der Waals surface area contributed by atoms with E-state index in [1.54, 1.807) is 12.1 Å². The van der Waals surface area contributed by atoms with Crippen LogP contribution in [0.1, 0.15) is 49.9 Å². The van der Waals surface area contributed by atoms with E-state index in [4.69, 9.17) is 4.74 Å². The van der Waals surface area contributed by atoms with Crippen LogP contribution < -0.4 is 0 Å². The fraction of sp³-hybridized carbons (Fsp3) is 0.500. The zero-order valence-corrected chi connectivity index (χ0v) is 10.1. The third-order valence-electron chi connectivity index (χ3n) is 2.50. The van der Waals surface area contributed by atoms with E-state index in [1.807, 2.05) is 18.2 Å². The lowest BCUT2D eigenvalue weighted by Crippen LogP contribution is -2.18. The van der Waals surface area contributed by atoms with E-state index in [-0.39, 0.29) is 12.1 Å². The summed E-state index contributed by atoms with van der Waals surface area (Å²) in [5, 5.41) is 0. The van der Waals surface area contributed by atoms with Crippen LogP contribution in [0, 0.1) is 0 Å². The number of carbonyl (C=O) groups is 1. The molecule has 0 fully saturated rings. The number of esters is 1. The number of hydrogen-bond acceptors (Lipinski definition) is 2. The first-order valence-electron chi connectivity index (χ1n) is 6.04. The summed E-state index contributed by atoms with van der Waals surface area (Å²) in [5.41, 5.74) is 0.639. The van der Waals surface area contributed by atoms with Crippen molar-refractivity contribution >= 4 is 5.97 Å². The molecule has 0 unspecified atom stereocenters. The molecular weight excluding hydrogens is 200 g/mol. The quantitative estimate of drug-likeness (QED) is 0.681. The van der Waals surface area contributed by atoms with Gasteiger partial charge in [0, 0.05) is 0 Å². The van der Waals surface area contributed by atoms with Gasteiger partial charge < -0.3 is 4.74 Å². The molecule has 16 heavy (non-hydrogen) atoms. The summed E-state index contributed by atoms with van der Waals surface area (Å²) < 4.78 is 5.48. The molecule has 2 nitrogen and oxygen atoms in total. The van der Waals surface area contributed by atoms with Crippen molar-refractivity contribution in [1.82, 2.24) is 0 Å². The van der Waals surface area contributed by atoms with Gasteiger partial charge in [-0.15, -0.1) is 0 Å². The maximum atomic E-state index is 11.8. The molecule has 0 amide bonds. The molecule has 0 saturated heterocycles. The van der Waals surface area contributed by atoms with E-state index in [0.29, 0.717) is 5.56 Å². The van der Waals surface area contributed by atoms with Crippen LogP contribution >= 0.6 is 0 Å². The molecule has 0 aliphatic heterocycles. The molecule has 0 aliphatic carbocycles. The molecule has 1 aromatic rings. The minimum atomic E-state index is -0.201. The van der Waals surface area contributed by atoms with Crippen molar-refractivity contribution in [3.8, 4) is 0 Å². The normalized spacial score (nSPS) is 10.4. The van der Waals surface area contributed by atoms with Crippen molar-refractivity contribution in [2.45, 2.75) is 45.6 Å². The highest BCUT2D eigenvalue weighted by molar-refractivity contribution is 5.89. The molecule has 1 rings (SSSR count). The largest absolute Gasteiger partial charge is 0.459 e. The van der Waals surface area contributed by atoms with Gasteiger partial charge in [-0.1, -0.05) is 44.9 Å². The van der Waals surface area contributed by atoms with Gasteiger partial charge in [0.1, 0.15) is 6.10 Å². The van der Waals surface area contributed by atoms with Gasteiger partial charge in [-0.3, -0.25) is 0 Å². The second-order valence-electron chi connectivity index (χ2n) is 3.97. The molecule has 2 heteroatoms. The lowest BCUT2D eigenvalue weighted by Gasteiger charge is -2.16. The Morgan fingerprint density at radius 2 is 1.69 bits per heavy atom. The van der Waals surface area contributed by atoms with Crippen molar-refractivity contribution in [1.29, 1.82) is 0 Å². The first kappa shape index (κ1) is 12.8. The molecule has 0 aliphatic rings. The van der Waals surface area contributed by atoms with Gasteiger partial charge >= 0.3 is 5.97 Å². The topological polar surface area (TPSA) is 26.3 Å². The first-order chi connectivity index (χ1) is 7.77. The maximum absolute atomic E-state index is 11.8. The van der Waals surface area contributed by atoms with Crippen LogP contribution in [-0.2, 0) is 4.74 Å². The summed E-state index contributed by atoms with van der Waals surface area (Å²) in [5.74, 6) is -0.201. The van der Waals surface area contributed by atoms with Crippen molar-refractivity contribution in [3.05, 3.63) is 35.9 Å². The van der Waals surface area contributed by atoms with Crippen molar-refractivity contribution < 1.29 is 9.53 Å². The van der Waals surface area contributed by atoms with Gasteiger partial charge in [-0.25, -0.2) is 4.79 Å². The molecule has 1 aromatic carbocycles. The van der Waals surface area contributed by atoms with Crippen molar-refractivity contribution in [3.63, 3.8) is 0 Å². The zero-order chi connectivity index (χ0) is 11.8. The second-order valence-corrected chi connectivity index (χ2v) is 3.97. The fourth-order valence-electron chi connectivity index (χ4n) is 1.70. The molecule has 0 aromatic heterocycles. The minimum Gasteiger partial charge on any atom is -0.459 e. The summed E-state index contributed by atoms with van der Waals surface area (Å²) in [6.07, 6.45) is 4.07. The molecule has 0 radical (unpaired) electrons. The molecule has 0 N–H and O–H groups in total. The Labute approximate surface area is 97.6 Å². The average molecular weight is 220 g/mol. The second kappa shape index (κ2) is 7.04. The monoisotopic (exact) mass is 220 g/mol. The van der Waals surface area contributed by atoms with Crippen LogP contribution in [0.3, 0.4) is 0 Å². The number of benzene rings is 1. The van der Waals surface area contributed by atoms with Gasteiger partial charge in [0.25, 0.3) is 0 Å². The van der Waals surface area contributed by atoms with Gasteiger partial charge in [0.15, 0.2) is 0 Å². The van der Waals surface area contributed by atoms with Crippen LogP contribution in [0.25, 0.3) is 0 Å². The molecule has 88 valence electrons. The Bertz CT molecular complexity index is 300. The standard InChI is InChI=1S/C14H20O2/c1-3-8-13(9-4-2)16-14(15)12-10-6-5-7-11-12/h5-7,10-11,13H,3-4,8-9H2,1-2H3. The van der Waals surface area contributed by atoms with Gasteiger partial charge in [0.05, 0.1) is 5.56 Å². The number of rotatable bonds is 6. The van der Waals surface area contributed by atoms with E-state index in [2.05, 4.69) is 13.8 Å². The van der Waals surface area contributed by atoms with Crippen LogP contribution in [0.5, 0.6) is 0 Å². The Morgan fingerprint density at radius 1 is 1.12 bits per heavy atom. The van der Waals surface area contributed by atoms with Gasteiger partial charge in [-0.2, -0.15) is 0 Å². The fourth-order valence-corrected chi connectivity index (χ4v) is 1.70. The summed E-state index contributed by atoms with van der Waals surface area (Å²) >= 11 is 0. The van der Waals surface area contributed by atoms with E-state index >= 15 is 0 Å². The van der Waals surface area contributed by atoms with Crippen molar-refractivity contribution in [2.75, 3.05) is 0 Å². The summed E-state index contributed by atoms with van der Waals surface area (Å²) in [7, 11) is 0. The predicted octanol–water partition coefficient (Wildman–Crippen LogP) is 3.81. The molecular formula is C14H20O2. The highest BCUT2D eigenvalue weighted by atomic mass is 16.5. The zero-order valence-electron chi connectivity index (χ0n) is 10.1. The highest BCUT2D eigenvalue weighted by Gasteiger charge is 2.13. The maximum Gasteiger partial charge on any atom is 0.338 e. The summed E-state index contributed by atoms with van der Waals surface area (Å²) in [6.45, 7) is 4.22. The van der Waals surface area contributed by atoms with Gasteiger partial charge in [-0.05, 0) is 25.0 Å². The molecule has 0 heterocycles. The van der Waals surface area contributed by atoms with E-state index < -0.39 is 0 Å². The summed E-state index contributed by atoms with van der Waals surface area (Å²) in [6, 6.07) is 9.18. The van der Waals surface area contributed by atoms with E-state index in [1.165, 1.54) is 0 Å². The Morgan fingerprint density at radius 3 is 2.19 bits per heavy atom. The van der Waals surface area contributed by atoms with E-state index in [0.717, 1.165) is 25.7 Å². The van der Waals surface area contributed by atoms with Crippen LogP contribution in [0.15, 0.2) is 30.3 Å².